The Balaban J connectivity index is 1.75. The van der Waals surface area contributed by atoms with E-state index >= 15 is 0 Å². The molecule has 2 heterocycles. The van der Waals surface area contributed by atoms with Crippen LogP contribution in [-0.4, -0.2) is 40.5 Å². The lowest BCUT2D eigenvalue weighted by atomic mass is 9.92. The number of hydrogen-bond acceptors (Lipinski definition) is 4. The predicted molar refractivity (Wildman–Crippen MR) is 124 cm³/mol. The minimum Gasteiger partial charge on any atom is -0.496 e. The third-order valence-electron chi connectivity index (χ3n) is 6.28. The van der Waals surface area contributed by atoms with E-state index in [0.717, 1.165) is 59.2 Å². The van der Waals surface area contributed by atoms with E-state index in [9.17, 15) is 14.7 Å². The number of carboxylic acids is 1. The average Bonchev–Trinajstić information content (AvgIpc) is 3.26. The van der Waals surface area contributed by atoms with Crippen LogP contribution >= 0.6 is 0 Å². The second-order valence-electron chi connectivity index (χ2n) is 8.41. The van der Waals surface area contributed by atoms with E-state index in [1.54, 1.807) is 19.2 Å². The lowest BCUT2D eigenvalue weighted by Crippen LogP contribution is -2.33. The fourth-order valence-electron chi connectivity index (χ4n) is 4.79. The number of rotatable bonds is 6. The summed E-state index contributed by atoms with van der Waals surface area (Å²) in [5.41, 5.74) is 5.05. The van der Waals surface area contributed by atoms with Gasteiger partial charge in [-0.1, -0.05) is 12.5 Å². The highest BCUT2D eigenvalue weighted by molar-refractivity contribution is 5.94. The number of likely N-dealkylation sites (tertiary alicyclic amines) is 1. The van der Waals surface area contributed by atoms with Crippen molar-refractivity contribution >= 4 is 28.5 Å². The van der Waals surface area contributed by atoms with Crippen molar-refractivity contribution in [3.05, 3.63) is 58.8 Å². The summed E-state index contributed by atoms with van der Waals surface area (Å²) in [6.45, 7) is 5.12. The van der Waals surface area contributed by atoms with Gasteiger partial charge in [-0.3, -0.25) is 9.69 Å². The second-order valence-corrected chi connectivity index (χ2v) is 8.41. The lowest BCUT2D eigenvalue weighted by molar-refractivity contribution is -0.114. The average molecular weight is 436 g/mol. The first kappa shape index (κ1) is 21.9. The number of carbonyl (C=O) groups excluding carboxylic acids is 1. The van der Waals surface area contributed by atoms with E-state index in [2.05, 4.69) is 34.3 Å². The number of aromatic carboxylic acids is 1. The number of amides is 1. The summed E-state index contributed by atoms with van der Waals surface area (Å²) in [5, 5.41) is 13.4. The lowest BCUT2D eigenvalue weighted by Gasteiger charge is -2.37. The largest absolute Gasteiger partial charge is 0.496 e. The third-order valence-corrected chi connectivity index (χ3v) is 6.28. The number of nitrogens with zero attached hydrogens (tertiary/aromatic N) is 1. The second kappa shape index (κ2) is 9.04. The highest BCUT2D eigenvalue weighted by atomic mass is 16.5. The molecular weight excluding hydrogens is 406 g/mol. The molecule has 1 saturated heterocycles. The maximum atomic E-state index is 11.8. The van der Waals surface area contributed by atoms with Crippen LogP contribution in [0.5, 0.6) is 5.75 Å². The Morgan fingerprint density at radius 1 is 1.25 bits per heavy atom. The third kappa shape index (κ3) is 4.21. The molecule has 1 fully saturated rings. The van der Waals surface area contributed by atoms with E-state index in [-0.39, 0.29) is 17.5 Å². The Hall–Kier alpha value is -3.32. The molecule has 1 aromatic heterocycles. The number of ether oxygens (including phenoxy) is 1. The number of H-pyrrole nitrogens is 1. The van der Waals surface area contributed by atoms with E-state index in [4.69, 9.17) is 4.74 Å². The van der Waals surface area contributed by atoms with Crippen LogP contribution in [0, 0.1) is 6.92 Å². The minimum absolute atomic E-state index is 0.0634. The van der Waals surface area contributed by atoms with Gasteiger partial charge in [-0.2, -0.15) is 0 Å². The molecule has 32 heavy (non-hydrogen) atoms. The van der Waals surface area contributed by atoms with E-state index in [1.807, 2.05) is 12.3 Å². The van der Waals surface area contributed by atoms with Gasteiger partial charge in [-0.05, 0) is 61.7 Å². The molecule has 1 atom stereocenters. The molecule has 4 rings (SSSR count). The summed E-state index contributed by atoms with van der Waals surface area (Å²) in [6, 6.07) is 9.24. The first-order valence-electron chi connectivity index (χ1n) is 10.9. The highest BCUT2D eigenvalue weighted by Crippen LogP contribution is 2.39. The molecule has 0 bridgehead atoms. The molecule has 7 heteroatoms. The van der Waals surface area contributed by atoms with Crippen molar-refractivity contribution in [2.75, 3.05) is 19.0 Å². The predicted octanol–water partition coefficient (Wildman–Crippen LogP) is 4.87. The number of anilines is 1. The first-order valence-corrected chi connectivity index (χ1v) is 10.9. The maximum absolute atomic E-state index is 11.8. The number of carbonyl (C=O) groups is 2. The monoisotopic (exact) mass is 435 g/mol. The molecule has 3 aromatic rings. The first-order chi connectivity index (χ1) is 15.4. The Morgan fingerprint density at radius 3 is 2.78 bits per heavy atom. The van der Waals surface area contributed by atoms with Gasteiger partial charge in [0.25, 0.3) is 0 Å². The molecule has 1 aliphatic rings. The normalized spacial score (nSPS) is 16.8. The molecule has 1 amide bonds. The van der Waals surface area contributed by atoms with Crippen LogP contribution in [0.3, 0.4) is 0 Å². The number of nitrogens with one attached hydrogen (secondary N) is 2. The highest BCUT2D eigenvalue weighted by Gasteiger charge is 2.28. The van der Waals surface area contributed by atoms with Gasteiger partial charge in [0.15, 0.2) is 0 Å². The number of methoxy groups -OCH3 is 1. The van der Waals surface area contributed by atoms with Gasteiger partial charge in [0.1, 0.15) is 5.75 Å². The maximum Gasteiger partial charge on any atom is 0.335 e. The van der Waals surface area contributed by atoms with Crippen molar-refractivity contribution in [2.24, 2.45) is 0 Å². The fraction of sp³-hybridized carbons (Fsp3) is 0.360. The van der Waals surface area contributed by atoms with Gasteiger partial charge in [0.05, 0.1) is 12.7 Å². The zero-order chi connectivity index (χ0) is 22.8. The van der Waals surface area contributed by atoms with Crippen molar-refractivity contribution in [1.29, 1.82) is 0 Å². The zero-order valence-electron chi connectivity index (χ0n) is 18.7. The number of aromatic nitrogens is 1. The molecule has 0 radical (unpaired) electrons. The fourth-order valence-corrected chi connectivity index (χ4v) is 4.79. The summed E-state index contributed by atoms with van der Waals surface area (Å²) in [6.07, 6.45) is 5.05. The van der Waals surface area contributed by atoms with Crippen LogP contribution in [0.15, 0.2) is 36.5 Å². The van der Waals surface area contributed by atoms with Gasteiger partial charge in [0, 0.05) is 47.9 Å². The summed E-state index contributed by atoms with van der Waals surface area (Å²) in [5.74, 6) is -0.365. The molecule has 0 saturated carbocycles. The quantitative estimate of drug-likeness (QED) is 0.514. The van der Waals surface area contributed by atoms with Crippen LogP contribution in [0.4, 0.5) is 5.69 Å². The van der Waals surface area contributed by atoms with Gasteiger partial charge in [-0.15, -0.1) is 0 Å². The van der Waals surface area contributed by atoms with Crippen molar-refractivity contribution in [3.63, 3.8) is 0 Å². The molecule has 2 aromatic carbocycles. The number of hydrogen-bond donors (Lipinski definition) is 3. The summed E-state index contributed by atoms with van der Waals surface area (Å²) >= 11 is 0. The smallest absolute Gasteiger partial charge is 0.335 e. The minimum atomic E-state index is -1.01. The Morgan fingerprint density at radius 2 is 2.06 bits per heavy atom. The SMILES string of the molecule is COc1cc(C)c2[nH]ccc2c1CN1CCCCC1c1ccc(C(=O)O)cc1NC(C)=O. The van der Waals surface area contributed by atoms with Gasteiger partial charge in [0.2, 0.25) is 5.91 Å². The van der Waals surface area contributed by atoms with Crippen LogP contribution in [-0.2, 0) is 11.3 Å². The Labute approximate surface area is 187 Å². The number of aryl methyl sites for hydroxylation is 1. The van der Waals surface area contributed by atoms with Crippen LogP contribution in [0.1, 0.15) is 59.3 Å². The summed E-state index contributed by atoms with van der Waals surface area (Å²) in [7, 11) is 1.70. The number of piperidine rings is 1. The molecule has 1 aliphatic heterocycles. The molecular formula is C25H29N3O4. The zero-order valence-corrected chi connectivity index (χ0v) is 18.7. The number of fused-ring (bicyclic) bond motifs is 1. The van der Waals surface area contributed by atoms with Crippen LogP contribution in [0.2, 0.25) is 0 Å². The van der Waals surface area contributed by atoms with E-state index < -0.39 is 5.97 Å². The topological polar surface area (TPSA) is 94.7 Å². The van der Waals surface area contributed by atoms with Crippen LogP contribution in [0.25, 0.3) is 10.9 Å². The van der Waals surface area contributed by atoms with Crippen molar-refractivity contribution < 1.29 is 19.4 Å². The Kier molecular flexibility index (Phi) is 6.19. The summed E-state index contributed by atoms with van der Waals surface area (Å²) in [4.78, 5) is 29.1. The van der Waals surface area contributed by atoms with Crippen molar-refractivity contribution in [1.82, 2.24) is 9.88 Å². The molecule has 1 unspecified atom stereocenters. The number of carboxylic acid groups (broad SMARTS) is 1. The van der Waals surface area contributed by atoms with Crippen molar-refractivity contribution in [2.45, 2.75) is 45.7 Å². The van der Waals surface area contributed by atoms with Gasteiger partial charge >= 0.3 is 5.97 Å². The van der Waals surface area contributed by atoms with Crippen molar-refractivity contribution in [3.8, 4) is 5.75 Å². The van der Waals surface area contributed by atoms with Gasteiger partial charge in [-0.25, -0.2) is 4.79 Å². The molecule has 0 aliphatic carbocycles. The standard InChI is InChI=1S/C25H29N3O4/c1-15-12-23(32-3)20(18-9-10-26-24(15)18)14-28-11-5-4-6-22(28)19-8-7-17(25(30)31)13-21(19)27-16(2)29/h7-10,12-13,22,26H,4-6,11,14H2,1-3H3,(H,27,29)(H,30,31). The molecule has 3 N–H and O–H groups in total. The summed E-state index contributed by atoms with van der Waals surface area (Å²) < 4.78 is 5.74. The van der Waals surface area contributed by atoms with Crippen LogP contribution < -0.4 is 10.1 Å². The van der Waals surface area contributed by atoms with E-state index in [0.29, 0.717) is 12.2 Å². The number of benzene rings is 2. The van der Waals surface area contributed by atoms with Gasteiger partial charge < -0.3 is 20.1 Å². The number of aromatic amines is 1. The van der Waals surface area contributed by atoms with E-state index in [1.165, 1.54) is 6.92 Å². The molecule has 168 valence electrons. The molecule has 7 nitrogen and oxygen atoms in total. The molecule has 0 spiro atoms. The Bertz CT molecular complexity index is 1170.